The molecule has 0 saturated heterocycles. The van der Waals surface area contributed by atoms with Gasteiger partial charge in [-0.3, -0.25) is 9.88 Å². The normalized spacial score (nSPS) is 15.3. The molecule has 0 saturated carbocycles. The van der Waals surface area contributed by atoms with E-state index in [-0.39, 0.29) is 30.8 Å². The lowest BCUT2D eigenvalue weighted by molar-refractivity contribution is -0.0122. The van der Waals surface area contributed by atoms with Gasteiger partial charge in [0.15, 0.2) is 0 Å². The summed E-state index contributed by atoms with van der Waals surface area (Å²) in [6.07, 6.45) is 2.86. The lowest BCUT2D eigenvalue weighted by atomic mass is 10.0. The molecule has 4 rings (SSSR count). The number of nitrogens with one attached hydrogen (secondary N) is 1. The van der Waals surface area contributed by atoms with E-state index >= 15 is 0 Å². The highest BCUT2D eigenvalue weighted by Crippen LogP contribution is 2.42. The molecule has 3 heterocycles. The number of hydrogen-bond donors (Lipinski definition) is 1. The van der Waals surface area contributed by atoms with Crippen molar-refractivity contribution in [3.8, 4) is 11.3 Å². The Kier molecular flexibility index (Phi) is 5.15. The van der Waals surface area contributed by atoms with Crippen molar-refractivity contribution in [3.05, 3.63) is 71.5 Å². The molecule has 0 unspecified atom stereocenters. The van der Waals surface area contributed by atoms with Crippen molar-refractivity contribution in [1.29, 1.82) is 0 Å². The van der Waals surface area contributed by atoms with Crippen molar-refractivity contribution in [2.45, 2.75) is 18.8 Å². The highest BCUT2D eigenvalue weighted by Gasteiger charge is 2.40. The number of halogens is 3. The second kappa shape index (κ2) is 7.75. The number of fused-ring (bicyclic) bond motifs is 1. The van der Waals surface area contributed by atoms with E-state index in [9.17, 15) is 13.6 Å². The van der Waals surface area contributed by atoms with Crippen LogP contribution in [-0.4, -0.2) is 22.5 Å². The molecule has 0 aliphatic carbocycles. The minimum absolute atomic E-state index is 0.0497. The average Bonchev–Trinajstić information content (AvgIpc) is 2.84. The van der Waals surface area contributed by atoms with Gasteiger partial charge in [-0.1, -0.05) is 23.7 Å². The highest BCUT2D eigenvalue weighted by atomic mass is 35.5. The van der Waals surface area contributed by atoms with E-state index < -0.39 is 12.0 Å². The monoisotopic (exact) mass is 414 g/mol. The third kappa shape index (κ3) is 4.05. The number of benzene rings is 1. The van der Waals surface area contributed by atoms with Gasteiger partial charge in [-0.25, -0.2) is 18.6 Å². The molecule has 1 aliphatic rings. The van der Waals surface area contributed by atoms with Crippen molar-refractivity contribution in [1.82, 2.24) is 9.97 Å². The lowest BCUT2D eigenvalue weighted by Crippen LogP contribution is -2.36. The molecule has 0 fully saturated rings. The van der Waals surface area contributed by atoms with Crippen molar-refractivity contribution in [2.75, 3.05) is 16.8 Å². The van der Waals surface area contributed by atoms with Crippen molar-refractivity contribution in [3.63, 3.8) is 0 Å². The molecule has 2 aromatic heterocycles. The molecule has 3 aromatic rings. The zero-order valence-corrected chi connectivity index (χ0v) is 16.0. The molecule has 0 spiro atoms. The summed E-state index contributed by atoms with van der Waals surface area (Å²) in [5.74, 6) is -3.12. The molecule has 1 N–H and O–H groups in total. The number of pyridine rings is 2. The average molecular weight is 415 g/mol. The maximum Gasteiger partial charge on any atom is 0.327 e. The van der Waals surface area contributed by atoms with E-state index in [1.165, 1.54) is 23.2 Å². The first-order chi connectivity index (χ1) is 13.9. The van der Waals surface area contributed by atoms with E-state index in [1.807, 2.05) is 0 Å². The summed E-state index contributed by atoms with van der Waals surface area (Å²) in [6.45, 7) is 0.126. The van der Waals surface area contributed by atoms with E-state index in [0.717, 1.165) is 0 Å². The molecule has 0 bridgehead atoms. The molecule has 29 heavy (non-hydrogen) atoms. The molecular weight excluding hydrogens is 398 g/mol. The standard InChI is InChI=1S/C21H17ClF2N4O/c22-15-5-1-4-14(12-15)18-8-7-17-19(27-18)28(11-3-9-21(17,23)24)20(29)26-16-6-2-10-25-13-16/h1-2,4-8,10,12-13H,3,9,11H2,(H,26,29). The number of carbonyl (C=O) groups is 1. The van der Waals surface area contributed by atoms with Crippen LogP contribution in [-0.2, 0) is 5.92 Å². The number of carbonyl (C=O) groups excluding carboxylic acids is 1. The third-order valence-corrected chi connectivity index (χ3v) is 4.91. The minimum Gasteiger partial charge on any atom is -0.306 e. The van der Waals surface area contributed by atoms with Crippen LogP contribution in [0.2, 0.25) is 5.02 Å². The van der Waals surface area contributed by atoms with Crippen LogP contribution in [0.4, 0.5) is 25.1 Å². The summed E-state index contributed by atoms with van der Waals surface area (Å²) < 4.78 is 29.4. The van der Waals surface area contributed by atoms with Gasteiger partial charge in [0.25, 0.3) is 5.92 Å². The highest BCUT2D eigenvalue weighted by molar-refractivity contribution is 6.30. The molecule has 0 atom stereocenters. The Labute approximate surface area is 171 Å². The second-order valence-electron chi connectivity index (χ2n) is 6.71. The predicted octanol–water partition coefficient (Wildman–Crippen LogP) is 5.72. The molecule has 1 aliphatic heterocycles. The first-order valence-electron chi connectivity index (χ1n) is 9.08. The van der Waals surface area contributed by atoms with Gasteiger partial charge in [-0.05, 0) is 42.8 Å². The first kappa shape index (κ1) is 19.3. The summed E-state index contributed by atoms with van der Waals surface area (Å²) in [7, 11) is 0. The van der Waals surface area contributed by atoms with Crippen LogP contribution >= 0.6 is 11.6 Å². The lowest BCUT2D eigenvalue weighted by Gasteiger charge is -2.23. The van der Waals surface area contributed by atoms with Crippen LogP contribution < -0.4 is 10.2 Å². The molecule has 5 nitrogen and oxygen atoms in total. The Bertz CT molecular complexity index is 1050. The Morgan fingerprint density at radius 2 is 2.03 bits per heavy atom. The van der Waals surface area contributed by atoms with Gasteiger partial charge in [0.2, 0.25) is 0 Å². The van der Waals surface area contributed by atoms with Crippen LogP contribution in [0.15, 0.2) is 60.9 Å². The van der Waals surface area contributed by atoms with Gasteiger partial charge in [-0.2, -0.15) is 0 Å². The van der Waals surface area contributed by atoms with Crippen LogP contribution in [0.25, 0.3) is 11.3 Å². The van der Waals surface area contributed by atoms with Crippen LogP contribution in [0, 0.1) is 0 Å². The third-order valence-electron chi connectivity index (χ3n) is 4.68. The number of hydrogen-bond acceptors (Lipinski definition) is 3. The zero-order valence-electron chi connectivity index (χ0n) is 15.3. The Morgan fingerprint density at radius 3 is 2.79 bits per heavy atom. The molecular formula is C21H17ClF2N4O. The Hall–Kier alpha value is -3.06. The smallest absolute Gasteiger partial charge is 0.306 e. The zero-order chi connectivity index (χ0) is 20.4. The van der Waals surface area contributed by atoms with Crippen LogP contribution in [0.1, 0.15) is 18.4 Å². The van der Waals surface area contributed by atoms with Gasteiger partial charge in [0.05, 0.1) is 23.1 Å². The summed E-state index contributed by atoms with van der Waals surface area (Å²) in [6, 6.07) is 12.6. The number of rotatable bonds is 2. The van der Waals surface area contributed by atoms with Gasteiger partial charge >= 0.3 is 6.03 Å². The number of urea groups is 1. The van der Waals surface area contributed by atoms with E-state index in [4.69, 9.17) is 11.6 Å². The number of alkyl halides is 2. The summed E-state index contributed by atoms with van der Waals surface area (Å²) in [5, 5.41) is 3.20. The molecule has 2 amide bonds. The molecule has 1 aromatic carbocycles. The maximum absolute atomic E-state index is 14.7. The number of anilines is 2. The minimum atomic E-state index is -3.07. The van der Waals surface area contributed by atoms with E-state index in [0.29, 0.717) is 22.0 Å². The second-order valence-corrected chi connectivity index (χ2v) is 7.15. The van der Waals surface area contributed by atoms with Crippen molar-refractivity contribution in [2.24, 2.45) is 0 Å². The molecule has 8 heteroatoms. The largest absolute Gasteiger partial charge is 0.327 e. The van der Waals surface area contributed by atoms with E-state index in [2.05, 4.69) is 15.3 Å². The molecule has 0 radical (unpaired) electrons. The fourth-order valence-corrected chi connectivity index (χ4v) is 3.46. The van der Waals surface area contributed by atoms with Gasteiger partial charge < -0.3 is 5.32 Å². The van der Waals surface area contributed by atoms with Crippen molar-refractivity contribution < 1.29 is 13.6 Å². The van der Waals surface area contributed by atoms with Gasteiger partial charge in [0.1, 0.15) is 5.82 Å². The maximum atomic E-state index is 14.7. The fourth-order valence-electron chi connectivity index (χ4n) is 3.27. The van der Waals surface area contributed by atoms with Crippen molar-refractivity contribution >= 4 is 29.1 Å². The van der Waals surface area contributed by atoms with Crippen LogP contribution in [0.3, 0.4) is 0 Å². The summed E-state index contributed by atoms with van der Waals surface area (Å²) in [4.78, 5) is 22.5. The topological polar surface area (TPSA) is 58.1 Å². The quantitative estimate of drug-likeness (QED) is 0.583. The van der Waals surface area contributed by atoms with Crippen LogP contribution in [0.5, 0.6) is 0 Å². The number of nitrogens with zero attached hydrogens (tertiary/aromatic N) is 3. The molecule has 148 valence electrons. The summed E-state index contributed by atoms with van der Waals surface area (Å²) in [5.41, 5.74) is 1.35. The predicted molar refractivity (Wildman–Crippen MR) is 108 cm³/mol. The van der Waals surface area contributed by atoms with Gasteiger partial charge in [-0.15, -0.1) is 0 Å². The SMILES string of the molecule is O=C(Nc1cccnc1)N1CCCC(F)(F)c2ccc(-c3cccc(Cl)c3)nc21. The summed E-state index contributed by atoms with van der Waals surface area (Å²) >= 11 is 6.05. The fraction of sp³-hybridized carbons (Fsp3) is 0.190. The van der Waals surface area contributed by atoms with E-state index in [1.54, 1.807) is 42.6 Å². The Balaban J connectivity index is 1.76. The number of aromatic nitrogens is 2. The van der Waals surface area contributed by atoms with Gasteiger partial charge in [0, 0.05) is 29.7 Å². The first-order valence-corrected chi connectivity index (χ1v) is 9.46. The number of amides is 2. The Morgan fingerprint density at radius 1 is 1.17 bits per heavy atom.